The number of benzene rings is 2. The highest BCUT2D eigenvalue weighted by atomic mass is 79.9. The summed E-state index contributed by atoms with van der Waals surface area (Å²) in [5.41, 5.74) is 2.44. The summed E-state index contributed by atoms with van der Waals surface area (Å²) in [6, 6.07) is 12.2. The quantitative estimate of drug-likeness (QED) is 0.590. The van der Waals surface area contributed by atoms with Crippen LogP contribution < -0.4 is 10.1 Å². The second-order valence-electron chi connectivity index (χ2n) is 5.86. The summed E-state index contributed by atoms with van der Waals surface area (Å²) in [5, 5.41) is 7.04. The number of halogens is 1. The fraction of sp³-hybridized carbons (Fsp3) is 0.150. The molecule has 0 aliphatic heterocycles. The Bertz CT molecular complexity index is 999. The van der Waals surface area contributed by atoms with Gasteiger partial charge in [-0.15, -0.1) is 0 Å². The van der Waals surface area contributed by atoms with Gasteiger partial charge in [0.1, 0.15) is 11.3 Å². The van der Waals surface area contributed by atoms with E-state index in [0.717, 1.165) is 15.7 Å². The number of nitrogens with zero attached hydrogens (tertiary/aromatic N) is 2. The summed E-state index contributed by atoms with van der Waals surface area (Å²) in [7, 11) is 2.79. The van der Waals surface area contributed by atoms with E-state index in [2.05, 4.69) is 26.3 Å². The van der Waals surface area contributed by atoms with Crippen LogP contribution in [0.25, 0.3) is 5.69 Å². The number of ether oxygens (including phenoxy) is 2. The van der Waals surface area contributed by atoms with E-state index in [-0.39, 0.29) is 12.5 Å². The molecule has 0 saturated carbocycles. The van der Waals surface area contributed by atoms with Crippen molar-refractivity contribution in [1.29, 1.82) is 0 Å². The van der Waals surface area contributed by atoms with E-state index in [9.17, 15) is 9.59 Å². The van der Waals surface area contributed by atoms with Crippen molar-refractivity contribution in [2.45, 2.75) is 6.54 Å². The Balaban J connectivity index is 1.67. The number of rotatable bonds is 6. The molecule has 144 valence electrons. The average Bonchev–Trinajstić information content (AvgIpc) is 3.17. The fourth-order valence-electron chi connectivity index (χ4n) is 2.63. The van der Waals surface area contributed by atoms with Crippen LogP contribution in [0.4, 0.5) is 0 Å². The van der Waals surface area contributed by atoms with E-state index in [1.807, 2.05) is 18.3 Å². The van der Waals surface area contributed by atoms with Crippen molar-refractivity contribution in [2.75, 3.05) is 14.2 Å². The minimum Gasteiger partial charge on any atom is -0.496 e. The fourth-order valence-corrected chi connectivity index (χ4v) is 2.91. The number of hydrogen-bond donors (Lipinski definition) is 1. The van der Waals surface area contributed by atoms with Crippen molar-refractivity contribution in [3.63, 3.8) is 0 Å². The summed E-state index contributed by atoms with van der Waals surface area (Å²) >= 11 is 3.35. The molecular formula is C20H18BrN3O4. The summed E-state index contributed by atoms with van der Waals surface area (Å²) < 4.78 is 12.5. The largest absolute Gasteiger partial charge is 0.496 e. The number of methoxy groups -OCH3 is 2. The number of hydrogen-bond acceptors (Lipinski definition) is 5. The zero-order valence-electron chi connectivity index (χ0n) is 15.3. The number of amides is 1. The molecule has 7 nitrogen and oxygen atoms in total. The molecule has 28 heavy (non-hydrogen) atoms. The molecule has 1 heterocycles. The van der Waals surface area contributed by atoms with E-state index < -0.39 is 5.97 Å². The van der Waals surface area contributed by atoms with Gasteiger partial charge in [-0.05, 0) is 57.9 Å². The van der Waals surface area contributed by atoms with Crippen molar-refractivity contribution in [1.82, 2.24) is 15.1 Å². The zero-order valence-corrected chi connectivity index (χ0v) is 16.9. The van der Waals surface area contributed by atoms with Crippen molar-refractivity contribution in [2.24, 2.45) is 0 Å². The van der Waals surface area contributed by atoms with Crippen molar-refractivity contribution < 1.29 is 19.1 Å². The molecule has 0 aliphatic rings. The first kappa shape index (κ1) is 19.6. The molecule has 3 rings (SSSR count). The minimum absolute atomic E-state index is 0.219. The molecule has 1 aromatic heterocycles. The van der Waals surface area contributed by atoms with E-state index in [4.69, 9.17) is 9.47 Å². The molecule has 8 heteroatoms. The molecule has 0 atom stereocenters. The Morgan fingerprint density at radius 3 is 2.50 bits per heavy atom. The number of nitrogens with one attached hydrogen (secondary N) is 1. The highest BCUT2D eigenvalue weighted by molar-refractivity contribution is 9.10. The lowest BCUT2D eigenvalue weighted by Gasteiger charge is -2.10. The molecule has 0 unspecified atom stereocenters. The van der Waals surface area contributed by atoms with Crippen LogP contribution in [-0.2, 0) is 11.3 Å². The summed E-state index contributed by atoms with van der Waals surface area (Å²) in [4.78, 5) is 24.3. The second kappa shape index (κ2) is 8.71. The lowest BCUT2D eigenvalue weighted by Crippen LogP contribution is -2.23. The molecule has 0 spiro atoms. The number of esters is 1. The SMILES string of the molecule is COC(=O)c1cc(CNC(=O)c2ccc(-n3cc(Br)cn3)cc2)ccc1OC. The molecule has 0 fully saturated rings. The van der Waals surface area contributed by atoms with E-state index in [0.29, 0.717) is 16.9 Å². The average molecular weight is 444 g/mol. The van der Waals surface area contributed by atoms with Crippen molar-refractivity contribution >= 4 is 27.8 Å². The maximum absolute atomic E-state index is 12.4. The van der Waals surface area contributed by atoms with E-state index >= 15 is 0 Å². The van der Waals surface area contributed by atoms with Crippen LogP contribution in [0, 0.1) is 0 Å². The molecule has 1 amide bonds. The van der Waals surface area contributed by atoms with Gasteiger partial charge in [-0.25, -0.2) is 9.48 Å². The minimum atomic E-state index is -0.495. The number of carbonyl (C=O) groups excluding carboxylic acids is 2. The molecule has 0 saturated heterocycles. The Hall–Kier alpha value is -3.13. The smallest absolute Gasteiger partial charge is 0.341 e. The topological polar surface area (TPSA) is 82.5 Å². The Labute approximate surface area is 170 Å². The Morgan fingerprint density at radius 1 is 1.14 bits per heavy atom. The van der Waals surface area contributed by atoms with Gasteiger partial charge in [0.15, 0.2) is 0 Å². The molecule has 1 N–H and O–H groups in total. The molecule has 0 bridgehead atoms. The standard InChI is InChI=1S/C20H18BrN3O4/c1-27-18-8-3-13(9-17(18)20(26)28-2)10-22-19(25)14-4-6-16(7-5-14)24-12-15(21)11-23-24/h3-9,11-12H,10H2,1-2H3,(H,22,25). The van der Waals surface area contributed by atoms with Gasteiger partial charge in [-0.1, -0.05) is 6.07 Å². The summed E-state index contributed by atoms with van der Waals surface area (Å²) in [6.07, 6.45) is 3.52. The number of carbonyl (C=O) groups is 2. The molecule has 3 aromatic rings. The summed E-state index contributed by atoms with van der Waals surface area (Å²) in [6.45, 7) is 0.265. The Kier molecular flexibility index (Phi) is 6.10. The van der Waals surface area contributed by atoms with E-state index in [1.165, 1.54) is 14.2 Å². The van der Waals surface area contributed by atoms with Gasteiger partial charge in [-0.2, -0.15) is 5.10 Å². The third-order valence-electron chi connectivity index (χ3n) is 4.07. The highest BCUT2D eigenvalue weighted by Crippen LogP contribution is 2.21. The first-order valence-electron chi connectivity index (χ1n) is 8.36. The second-order valence-corrected chi connectivity index (χ2v) is 6.77. The van der Waals surface area contributed by atoms with Crippen LogP contribution in [0.1, 0.15) is 26.3 Å². The molecule has 0 radical (unpaired) electrons. The first-order chi connectivity index (χ1) is 13.5. The molecule has 0 aliphatic carbocycles. The van der Waals surface area contributed by atoms with Gasteiger partial charge in [0.05, 0.1) is 30.6 Å². The third-order valence-corrected chi connectivity index (χ3v) is 4.48. The van der Waals surface area contributed by atoms with E-state index in [1.54, 1.807) is 41.2 Å². The predicted molar refractivity (Wildman–Crippen MR) is 107 cm³/mol. The summed E-state index contributed by atoms with van der Waals surface area (Å²) in [5.74, 6) is -0.294. The predicted octanol–water partition coefficient (Wildman–Crippen LogP) is 3.36. The van der Waals surface area contributed by atoms with Crippen LogP contribution in [-0.4, -0.2) is 35.9 Å². The van der Waals surface area contributed by atoms with Crippen LogP contribution in [0.3, 0.4) is 0 Å². The molecule has 2 aromatic carbocycles. The lowest BCUT2D eigenvalue weighted by molar-refractivity contribution is 0.0597. The monoisotopic (exact) mass is 443 g/mol. The maximum atomic E-state index is 12.4. The van der Waals surface area contributed by atoms with Gasteiger partial charge >= 0.3 is 5.97 Å². The Morgan fingerprint density at radius 2 is 1.89 bits per heavy atom. The van der Waals surface area contributed by atoms with Gasteiger partial charge in [-0.3, -0.25) is 4.79 Å². The van der Waals surface area contributed by atoms with Crippen molar-refractivity contribution in [3.05, 3.63) is 76.0 Å². The van der Waals surface area contributed by atoms with Gasteiger partial charge < -0.3 is 14.8 Å². The van der Waals surface area contributed by atoms with Crippen LogP contribution in [0.2, 0.25) is 0 Å². The normalized spacial score (nSPS) is 10.4. The van der Waals surface area contributed by atoms with Crippen LogP contribution >= 0.6 is 15.9 Å². The first-order valence-corrected chi connectivity index (χ1v) is 9.15. The molecular weight excluding hydrogens is 426 g/mol. The zero-order chi connectivity index (χ0) is 20.1. The van der Waals surface area contributed by atoms with Gasteiger partial charge in [0.2, 0.25) is 0 Å². The van der Waals surface area contributed by atoms with Crippen LogP contribution in [0.15, 0.2) is 59.3 Å². The third kappa shape index (κ3) is 4.40. The lowest BCUT2D eigenvalue weighted by atomic mass is 10.1. The van der Waals surface area contributed by atoms with Crippen LogP contribution in [0.5, 0.6) is 5.75 Å². The maximum Gasteiger partial charge on any atom is 0.341 e. The van der Waals surface area contributed by atoms with Gasteiger partial charge in [0.25, 0.3) is 5.91 Å². The number of aromatic nitrogens is 2. The highest BCUT2D eigenvalue weighted by Gasteiger charge is 2.14. The van der Waals surface area contributed by atoms with Crippen molar-refractivity contribution in [3.8, 4) is 11.4 Å². The van der Waals surface area contributed by atoms with Gasteiger partial charge in [0, 0.05) is 18.3 Å².